The van der Waals surface area contributed by atoms with Gasteiger partial charge in [-0.3, -0.25) is 9.59 Å². The molecule has 0 aromatic heterocycles. The lowest BCUT2D eigenvalue weighted by Gasteiger charge is -2.37. The molecule has 1 aliphatic rings. The Morgan fingerprint density at radius 3 is 2.41 bits per heavy atom. The standard InChI is InChI=1S/C10H15ClO6/c1-5(12)15-7-3-9(14)17-8(4-11)10(7)16-6(2)13/h7-10,14H,3-4H2,1-2H3/t7-,8-,9+,10+/m1/s1. The zero-order valence-electron chi connectivity index (χ0n) is 9.59. The summed E-state index contributed by atoms with van der Waals surface area (Å²) in [6, 6.07) is 0. The van der Waals surface area contributed by atoms with Crippen molar-refractivity contribution in [2.24, 2.45) is 0 Å². The van der Waals surface area contributed by atoms with Crippen LogP contribution in [0.4, 0.5) is 0 Å². The molecule has 0 amide bonds. The second-order valence-electron chi connectivity index (χ2n) is 3.74. The Morgan fingerprint density at radius 2 is 1.94 bits per heavy atom. The van der Waals surface area contributed by atoms with E-state index in [9.17, 15) is 14.7 Å². The Kier molecular flexibility index (Phi) is 5.17. The summed E-state index contributed by atoms with van der Waals surface area (Å²) in [5.41, 5.74) is 0. The zero-order valence-corrected chi connectivity index (χ0v) is 10.3. The van der Waals surface area contributed by atoms with Crippen LogP contribution in [-0.4, -0.2) is 47.5 Å². The number of carbonyl (C=O) groups excluding carboxylic acids is 2. The third-order valence-corrected chi connectivity index (χ3v) is 2.57. The molecule has 0 bridgehead atoms. The molecular weight excluding hydrogens is 252 g/mol. The molecule has 98 valence electrons. The lowest BCUT2D eigenvalue weighted by molar-refractivity contribution is -0.240. The summed E-state index contributed by atoms with van der Waals surface area (Å²) in [7, 11) is 0. The van der Waals surface area contributed by atoms with E-state index in [1.807, 2.05) is 0 Å². The van der Waals surface area contributed by atoms with Gasteiger partial charge >= 0.3 is 11.9 Å². The van der Waals surface area contributed by atoms with Crippen molar-refractivity contribution in [3.63, 3.8) is 0 Å². The molecule has 1 aliphatic heterocycles. The van der Waals surface area contributed by atoms with Gasteiger partial charge in [-0.25, -0.2) is 0 Å². The first-order valence-corrected chi connectivity index (χ1v) is 5.71. The molecule has 17 heavy (non-hydrogen) atoms. The normalized spacial score (nSPS) is 32.9. The molecule has 0 radical (unpaired) electrons. The average molecular weight is 267 g/mol. The Hall–Kier alpha value is -0.850. The van der Waals surface area contributed by atoms with Gasteiger partial charge in [-0.15, -0.1) is 11.6 Å². The van der Waals surface area contributed by atoms with Crippen LogP contribution < -0.4 is 0 Å². The fraction of sp³-hybridized carbons (Fsp3) is 0.800. The van der Waals surface area contributed by atoms with Gasteiger partial charge in [0.2, 0.25) is 0 Å². The Labute approximate surface area is 104 Å². The second kappa shape index (κ2) is 6.18. The predicted octanol–water partition coefficient (Wildman–Crippen LogP) is 0.196. The molecule has 6 nitrogen and oxygen atoms in total. The first kappa shape index (κ1) is 14.2. The first-order valence-electron chi connectivity index (χ1n) is 5.18. The number of hydrogen-bond donors (Lipinski definition) is 1. The fourth-order valence-electron chi connectivity index (χ4n) is 1.70. The van der Waals surface area contributed by atoms with E-state index in [2.05, 4.69) is 0 Å². The van der Waals surface area contributed by atoms with E-state index in [4.69, 9.17) is 25.8 Å². The maximum absolute atomic E-state index is 11.0. The van der Waals surface area contributed by atoms with Crippen molar-refractivity contribution in [1.29, 1.82) is 0 Å². The molecule has 0 aromatic rings. The number of carbonyl (C=O) groups is 2. The summed E-state index contributed by atoms with van der Waals surface area (Å²) in [6.45, 7) is 2.48. The molecule has 1 rings (SSSR count). The fourth-order valence-corrected chi connectivity index (χ4v) is 1.95. The summed E-state index contributed by atoms with van der Waals surface area (Å²) < 4.78 is 15.1. The number of ether oxygens (including phenoxy) is 3. The third-order valence-electron chi connectivity index (χ3n) is 2.27. The van der Waals surface area contributed by atoms with Crippen LogP contribution in [-0.2, 0) is 23.8 Å². The molecule has 1 saturated heterocycles. The van der Waals surface area contributed by atoms with Crippen LogP contribution in [0.25, 0.3) is 0 Å². The van der Waals surface area contributed by atoms with Crippen LogP contribution in [0.3, 0.4) is 0 Å². The quantitative estimate of drug-likeness (QED) is 0.580. The van der Waals surface area contributed by atoms with Crippen LogP contribution in [0, 0.1) is 0 Å². The van der Waals surface area contributed by atoms with Crippen molar-refractivity contribution in [2.45, 2.75) is 44.9 Å². The van der Waals surface area contributed by atoms with Gasteiger partial charge in [0.25, 0.3) is 0 Å². The minimum atomic E-state index is -1.09. The van der Waals surface area contributed by atoms with E-state index in [1.54, 1.807) is 0 Å². The van der Waals surface area contributed by atoms with Crippen molar-refractivity contribution in [3.05, 3.63) is 0 Å². The van der Waals surface area contributed by atoms with Crippen molar-refractivity contribution >= 4 is 23.5 Å². The van der Waals surface area contributed by atoms with Gasteiger partial charge in [0, 0.05) is 20.3 Å². The van der Waals surface area contributed by atoms with E-state index < -0.39 is 36.5 Å². The molecule has 7 heteroatoms. The highest BCUT2D eigenvalue weighted by atomic mass is 35.5. The number of aliphatic hydroxyl groups is 1. The zero-order chi connectivity index (χ0) is 13.0. The highest BCUT2D eigenvalue weighted by Crippen LogP contribution is 2.25. The smallest absolute Gasteiger partial charge is 0.303 e. The van der Waals surface area contributed by atoms with Crippen molar-refractivity contribution in [2.75, 3.05) is 5.88 Å². The van der Waals surface area contributed by atoms with Crippen LogP contribution in [0.5, 0.6) is 0 Å². The number of esters is 2. The first-order chi connectivity index (χ1) is 7.93. The number of hydrogen-bond acceptors (Lipinski definition) is 6. The van der Waals surface area contributed by atoms with Gasteiger partial charge in [-0.1, -0.05) is 0 Å². The Balaban J connectivity index is 2.78. The summed E-state index contributed by atoms with van der Waals surface area (Å²) in [6.07, 6.45) is -3.28. The predicted molar refractivity (Wildman–Crippen MR) is 57.3 cm³/mol. The third kappa shape index (κ3) is 4.14. The second-order valence-corrected chi connectivity index (χ2v) is 4.05. The molecule has 0 spiro atoms. The van der Waals surface area contributed by atoms with Crippen molar-refractivity contribution in [3.8, 4) is 0 Å². The lowest BCUT2D eigenvalue weighted by Crippen LogP contribution is -2.52. The molecule has 0 unspecified atom stereocenters. The molecule has 1 N–H and O–H groups in total. The monoisotopic (exact) mass is 266 g/mol. The molecule has 1 heterocycles. The van der Waals surface area contributed by atoms with E-state index in [0.717, 1.165) is 0 Å². The molecule has 0 saturated carbocycles. The van der Waals surface area contributed by atoms with Gasteiger partial charge in [0.15, 0.2) is 12.4 Å². The van der Waals surface area contributed by atoms with Gasteiger partial charge in [-0.2, -0.15) is 0 Å². The minimum Gasteiger partial charge on any atom is -0.458 e. The maximum atomic E-state index is 11.0. The summed E-state index contributed by atoms with van der Waals surface area (Å²) >= 11 is 5.66. The van der Waals surface area contributed by atoms with Gasteiger partial charge < -0.3 is 19.3 Å². The molecule has 0 aliphatic carbocycles. The van der Waals surface area contributed by atoms with Crippen LogP contribution in [0.1, 0.15) is 20.3 Å². The van der Waals surface area contributed by atoms with E-state index in [0.29, 0.717) is 0 Å². The molecule has 0 aromatic carbocycles. The highest BCUT2D eigenvalue weighted by molar-refractivity contribution is 6.18. The van der Waals surface area contributed by atoms with Crippen molar-refractivity contribution < 1.29 is 28.9 Å². The van der Waals surface area contributed by atoms with E-state index in [-0.39, 0.29) is 12.3 Å². The number of rotatable bonds is 3. The number of halogens is 1. The highest BCUT2D eigenvalue weighted by Gasteiger charge is 2.42. The van der Waals surface area contributed by atoms with E-state index in [1.165, 1.54) is 13.8 Å². The SMILES string of the molecule is CC(=O)O[C@H]1[C@H](OC(C)=O)C[C@@H](O)O[C@@H]1CCl. The van der Waals surface area contributed by atoms with Gasteiger partial charge in [0.1, 0.15) is 12.2 Å². The average Bonchev–Trinajstić information content (AvgIpc) is 2.20. The van der Waals surface area contributed by atoms with E-state index >= 15 is 0 Å². The van der Waals surface area contributed by atoms with Crippen LogP contribution >= 0.6 is 11.6 Å². The van der Waals surface area contributed by atoms with Crippen LogP contribution in [0.15, 0.2) is 0 Å². The molecular formula is C10H15ClO6. The Morgan fingerprint density at radius 1 is 1.35 bits per heavy atom. The molecule has 1 fully saturated rings. The number of alkyl halides is 1. The largest absolute Gasteiger partial charge is 0.458 e. The van der Waals surface area contributed by atoms with Gasteiger partial charge in [0.05, 0.1) is 5.88 Å². The Bertz CT molecular complexity index is 295. The maximum Gasteiger partial charge on any atom is 0.303 e. The number of aliphatic hydroxyl groups excluding tert-OH is 1. The van der Waals surface area contributed by atoms with Gasteiger partial charge in [-0.05, 0) is 0 Å². The summed E-state index contributed by atoms with van der Waals surface area (Å²) in [4.78, 5) is 21.9. The molecule has 4 atom stereocenters. The minimum absolute atomic E-state index is 0.0206. The van der Waals surface area contributed by atoms with Crippen molar-refractivity contribution in [1.82, 2.24) is 0 Å². The van der Waals surface area contributed by atoms with Crippen LogP contribution in [0.2, 0.25) is 0 Å². The topological polar surface area (TPSA) is 82.1 Å². The lowest BCUT2D eigenvalue weighted by atomic mass is 10.0. The summed E-state index contributed by atoms with van der Waals surface area (Å²) in [5, 5.41) is 9.43. The summed E-state index contributed by atoms with van der Waals surface area (Å²) in [5.74, 6) is -1.02.